The van der Waals surface area contributed by atoms with Crippen molar-refractivity contribution in [3.63, 3.8) is 0 Å². The minimum atomic E-state index is -3.66. The van der Waals surface area contributed by atoms with Crippen LogP contribution in [0.4, 0.5) is 0 Å². The van der Waals surface area contributed by atoms with Gasteiger partial charge in [0.15, 0.2) is 0 Å². The summed E-state index contributed by atoms with van der Waals surface area (Å²) in [7, 11) is 1.25. The number of amides is 1. The van der Waals surface area contributed by atoms with Crippen molar-refractivity contribution in [3.05, 3.63) is 52.8 Å². The van der Waals surface area contributed by atoms with E-state index in [0.29, 0.717) is 12.5 Å². The zero-order chi connectivity index (χ0) is 21.3. The maximum atomic E-state index is 13.6. The van der Waals surface area contributed by atoms with E-state index in [1.165, 1.54) is 32.3 Å². The van der Waals surface area contributed by atoms with E-state index >= 15 is 0 Å². The standard InChI is InChI=1S/C21H28ClN3O3S/c1-15-7-10-20(19-6-5-12-24(19)4)25(13-11-15)21(26)17-14-16(8-9-18(17)22)29(27,28)23(2)3/h5-6,8-9,12,14-15,20H,7,10-11,13H2,1-4H3. The molecular formula is C21H28ClN3O3S. The number of carbonyl (C=O) groups is 1. The SMILES string of the molecule is CC1CCC(c2cccn2C)N(C(=O)c2cc(S(=O)(=O)N(C)C)ccc2Cl)CC1. The molecule has 0 bridgehead atoms. The van der Waals surface area contributed by atoms with Crippen LogP contribution in [0.2, 0.25) is 5.02 Å². The van der Waals surface area contributed by atoms with Crippen molar-refractivity contribution in [2.24, 2.45) is 13.0 Å². The Kier molecular flexibility index (Phi) is 6.41. The van der Waals surface area contributed by atoms with Crippen LogP contribution in [-0.4, -0.2) is 48.7 Å². The third-order valence-corrected chi connectivity index (χ3v) is 7.85. The van der Waals surface area contributed by atoms with Gasteiger partial charge in [-0.2, -0.15) is 0 Å². The average Bonchev–Trinajstić information content (AvgIpc) is 2.99. The van der Waals surface area contributed by atoms with Gasteiger partial charge in [-0.15, -0.1) is 0 Å². The molecule has 1 saturated heterocycles. The molecule has 158 valence electrons. The summed E-state index contributed by atoms with van der Waals surface area (Å²) in [5.74, 6) is 0.289. The average molecular weight is 438 g/mol. The van der Waals surface area contributed by atoms with Crippen molar-refractivity contribution in [2.45, 2.75) is 37.1 Å². The Morgan fingerprint density at radius 2 is 1.90 bits per heavy atom. The number of hydrogen-bond donors (Lipinski definition) is 0. The molecular weight excluding hydrogens is 410 g/mol. The fourth-order valence-corrected chi connectivity index (χ4v) is 4.95. The van der Waals surface area contributed by atoms with Crippen LogP contribution in [0.5, 0.6) is 0 Å². The zero-order valence-corrected chi connectivity index (χ0v) is 18.9. The molecule has 0 aliphatic carbocycles. The summed E-state index contributed by atoms with van der Waals surface area (Å²) in [5.41, 5.74) is 1.30. The lowest BCUT2D eigenvalue weighted by Gasteiger charge is -2.31. The number of halogens is 1. The summed E-state index contributed by atoms with van der Waals surface area (Å²) in [5, 5.41) is 0.260. The molecule has 0 spiro atoms. The first kappa shape index (κ1) is 21.9. The van der Waals surface area contributed by atoms with Crippen LogP contribution >= 0.6 is 11.6 Å². The number of sulfonamides is 1. The molecule has 0 saturated carbocycles. The molecule has 8 heteroatoms. The van der Waals surface area contributed by atoms with Crippen molar-refractivity contribution < 1.29 is 13.2 Å². The summed E-state index contributed by atoms with van der Waals surface area (Å²) < 4.78 is 28.3. The van der Waals surface area contributed by atoms with Gasteiger partial charge in [-0.05, 0) is 55.5 Å². The lowest BCUT2D eigenvalue weighted by molar-refractivity contribution is 0.0673. The van der Waals surface area contributed by atoms with Crippen LogP contribution in [0.15, 0.2) is 41.4 Å². The van der Waals surface area contributed by atoms with Gasteiger partial charge in [0.05, 0.1) is 21.5 Å². The van der Waals surface area contributed by atoms with Crippen molar-refractivity contribution in [2.75, 3.05) is 20.6 Å². The summed E-state index contributed by atoms with van der Waals surface area (Å²) in [4.78, 5) is 15.5. The second-order valence-electron chi connectivity index (χ2n) is 7.96. The van der Waals surface area contributed by atoms with E-state index in [2.05, 4.69) is 6.92 Å². The third kappa shape index (κ3) is 4.37. The molecule has 2 atom stereocenters. The van der Waals surface area contributed by atoms with Gasteiger partial charge in [-0.25, -0.2) is 12.7 Å². The minimum Gasteiger partial charge on any atom is -0.353 e. The molecule has 1 fully saturated rings. The molecule has 1 aromatic carbocycles. The molecule has 2 unspecified atom stereocenters. The molecule has 3 rings (SSSR count). The van der Waals surface area contributed by atoms with E-state index in [9.17, 15) is 13.2 Å². The quantitative estimate of drug-likeness (QED) is 0.727. The first-order valence-electron chi connectivity index (χ1n) is 9.77. The highest BCUT2D eigenvalue weighted by atomic mass is 35.5. The summed E-state index contributed by atoms with van der Waals surface area (Å²) >= 11 is 6.35. The maximum Gasteiger partial charge on any atom is 0.255 e. The van der Waals surface area contributed by atoms with E-state index in [4.69, 9.17) is 11.6 Å². The van der Waals surface area contributed by atoms with Gasteiger partial charge in [0, 0.05) is 39.6 Å². The largest absolute Gasteiger partial charge is 0.353 e. The Morgan fingerprint density at radius 3 is 2.52 bits per heavy atom. The van der Waals surface area contributed by atoms with Crippen LogP contribution in [0, 0.1) is 5.92 Å². The zero-order valence-electron chi connectivity index (χ0n) is 17.3. The first-order chi connectivity index (χ1) is 13.6. The fraction of sp³-hybridized carbons (Fsp3) is 0.476. The van der Waals surface area contributed by atoms with Gasteiger partial charge >= 0.3 is 0 Å². The number of aromatic nitrogens is 1. The predicted molar refractivity (Wildman–Crippen MR) is 115 cm³/mol. The molecule has 6 nitrogen and oxygen atoms in total. The Hall–Kier alpha value is -1.83. The van der Waals surface area contributed by atoms with Gasteiger partial charge in [0.1, 0.15) is 0 Å². The summed E-state index contributed by atoms with van der Waals surface area (Å²) in [6.45, 7) is 2.81. The van der Waals surface area contributed by atoms with E-state index in [1.807, 2.05) is 34.8 Å². The van der Waals surface area contributed by atoms with Crippen LogP contribution in [0.1, 0.15) is 48.3 Å². The van der Waals surface area contributed by atoms with E-state index in [-0.39, 0.29) is 27.4 Å². The summed E-state index contributed by atoms with van der Waals surface area (Å²) in [6.07, 6.45) is 4.77. The topological polar surface area (TPSA) is 62.6 Å². The van der Waals surface area contributed by atoms with Crippen molar-refractivity contribution in [1.82, 2.24) is 13.8 Å². The van der Waals surface area contributed by atoms with Gasteiger partial charge in [-0.1, -0.05) is 18.5 Å². The molecule has 1 aliphatic heterocycles. The molecule has 0 N–H and O–H groups in total. The Bertz CT molecular complexity index is 1000. The van der Waals surface area contributed by atoms with Gasteiger partial charge in [-0.3, -0.25) is 4.79 Å². The maximum absolute atomic E-state index is 13.6. The number of aryl methyl sites for hydroxylation is 1. The predicted octanol–water partition coefficient (Wildman–Crippen LogP) is 3.93. The Labute approximate surface area is 178 Å². The Morgan fingerprint density at radius 1 is 1.17 bits per heavy atom. The highest BCUT2D eigenvalue weighted by Crippen LogP contribution is 2.35. The lowest BCUT2D eigenvalue weighted by Crippen LogP contribution is -2.36. The number of nitrogens with zero attached hydrogens (tertiary/aromatic N) is 3. The van der Waals surface area contributed by atoms with Crippen molar-refractivity contribution >= 4 is 27.5 Å². The second kappa shape index (κ2) is 8.50. The molecule has 1 aromatic heterocycles. The molecule has 2 heterocycles. The van der Waals surface area contributed by atoms with E-state index < -0.39 is 10.0 Å². The second-order valence-corrected chi connectivity index (χ2v) is 10.5. The number of benzene rings is 1. The molecule has 2 aromatic rings. The molecule has 0 radical (unpaired) electrons. The number of likely N-dealkylation sites (tertiary alicyclic amines) is 1. The van der Waals surface area contributed by atoms with Gasteiger partial charge in [0.2, 0.25) is 10.0 Å². The van der Waals surface area contributed by atoms with Crippen LogP contribution in [0.25, 0.3) is 0 Å². The van der Waals surface area contributed by atoms with Crippen molar-refractivity contribution in [3.8, 4) is 0 Å². The Balaban J connectivity index is 2.04. The fourth-order valence-electron chi connectivity index (χ4n) is 3.82. The van der Waals surface area contributed by atoms with Crippen molar-refractivity contribution in [1.29, 1.82) is 0 Å². The highest BCUT2D eigenvalue weighted by molar-refractivity contribution is 7.89. The van der Waals surface area contributed by atoms with Crippen LogP contribution in [-0.2, 0) is 17.1 Å². The first-order valence-corrected chi connectivity index (χ1v) is 11.6. The molecule has 29 heavy (non-hydrogen) atoms. The van der Waals surface area contributed by atoms with Gasteiger partial charge in [0.25, 0.3) is 5.91 Å². The van der Waals surface area contributed by atoms with Gasteiger partial charge < -0.3 is 9.47 Å². The number of carbonyl (C=O) groups excluding carboxylic acids is 1. The molecule has 1 aliphatic rings. The number of rotatable bonds is 4. The summed E-state index contributed by atoms with van der Waals surface area (Å²) in [6, 6.07) is 8.27. The highest BCUT2D eigenvalue weighted by Gasteiger charge is 2.32. The smallest absolute Gasteiger partial charge is 0.255 e. The van der Waals surface area contributed by atoms with E-state index in [1.54, 1.807) is 0 Å². The van der Waals surface area contributed by atoms with Crippen LogP contribution in [0.3, 0.4) is 0 Å². The monoisotopic (exact) mass is 437 g/mol. The lowest BCUT2D eigenvalue weighted by atomic mass is 10.00. The van der Waals surface area contributed by atoms with Crippen LogP contribution < -0.4 is 0 Å². The minimum absolute atomic E-state index is 0.0638. The normalized spacial score (nSPS) is 20.7. The van der Waals surface area contributed by atoms with E-state index in [0.717, 1.165) is 29.3 Å². The number of hydrogen-bond acceptors (Lipinski definition) is 3. The third-order valence-electron chi connectivity index (χ3n) is 5.70. The molecule has 1 amide bonds.